The number of hydrogen-bond acceptors (Lipinski definition) is 5. The first kappa shape index (κ1) is 33.6. The van der Waals surface area contributed by atoms with Crippen LogP contribution >= 0.6 is 0 Å². The summed E-state index contributed by atoms with van der Waals surface area (Å²) < 4.78 is 65.2. The largest absolute Gasteiger partial charge is 0.490 e. The Bertz CT molecular complexity index is 1210. The molecular formula is C26H32F6N4O5. The number of aryl methyl sites for hydroxylation is 1. The Labute approximate surface area is 231 Å². The van der Waals surface area contributed by atoms with E-state index in [9.17, 15) is 31.1 Å². The van der Waals surface area contributed by atoms with Crippen LogP contribution in [0.25, 0.3) is 0 Å². The first-order valence-corrected chi connectivity index (χ1v) is 12.5. The Kier molecular flexibility index (Phi) is 10.6. The van der Waals surface area contributed by atoms with Gasteiger partial charge in [-0.15, -0.1) is 0 Å². The summed E-state index contributed by atoms with van der Waals surface area (Å²) in [5.41, 5.74) is 2.89. The molecule has 0 aliphatic heterocycles. The lowest BCUT2D eigenvalue weighted by Gasteiger charge is -2.13. The summed E-state index contributed by atoms with van der Waals surface area (Å²) in [5, 5.41) is 25.5. The van der Waals surface area contributed by atoms with Gasteiger partial charge in [0.25, 0.3) is 5.91 Å². The molecule has 15 heteroatoms. The van der Waals surface area contributed by atoms with E-state index >= 15 is 0 Å². The Morgan fingerprint density at radius 2 is 1.51 bits per heavy atom. The molecule has 2 aliphatic carbocycles. The number of carboxylic acids is 2. The van der Waals surface area contributed by atoms with Crippen molar-refractivity contribution in [1.82, 2.24) is 15.1 Å². The Morgan fingerprint density at radius 1 is 0.976 bits per heavy atom. The maximum Gasteiger partial charge on any atom is 0.490 e. The molecule has 1 amide bonds. The summed E-state index contributed by atoms with van der Waals surface area (Å²) in [6.45, 7) is 7.51. The lowest BCUT2D eigenvalue weighted by atomic mass is 9.92. The molecule has 0 bridgehead atoms. The average Bonchev–Trinajstić information content (AvgIpc) is 3.76. The van der Waals surface area contributed by atoms with Crippen LogP contribution in [-0.4, -0.2) is 62.8 Å². The third-order valence-electron chi connectivity index (χ3n) is 6.11. The molecule has 1 heterocycles. The van der Waals surface area contributed by atoms with Gasteiger partial charge in [-0.3, -0.25) is 9.48 Å². The number of nitrogens with one attached hydrogen (secondary N) is 2. The van der Waals surface area contributed by atoms with E-state index in [2.05, 4.69) is 42.6 Å². The standard InChI is InChI=1S/C22H30N4O.2C2HF3O2/c1-22(2,3)19-12-20(26(4)25-19)24-21(27)16-7-5-6-15(10-16)17-11-18(17)23-13-14-8-9-14;2*3-2(4,5)1(6)7/h5-7,10,12,14,17-18,23H,8-9,11,13H2,1-4H3,(H,24,27);2*(H,6,7)/t17-,18+;;/m0../s1. The summed E-state index contributed by atoms with van der Waals surface area (Å²) in [6.07, 6.45) is -6.23. The maximum atomic E-state index is 12.8. The van der Waals surface area contributed by atoms with Gasteiger partial charge in [0.05, 0.1) is 5.69 Å². The number of carbonyl (C=O) groups excluding carboxylic acids is 1. The number of anilines is 1. The molecule has 4 N–H and O–H groups in total. The van der Waals surface area contributed by atoms with Crippen LogP contribution in [0.4, 0.5) is 32.2 Å². The average molecular weight is 595 g/mol. The maximum absolute atomic E-state index is 12.8. The number of carboxylic acid groups (broad SMARTS) is 2. The van der Waals surface area contributed by atoms with Crippen molar-refractivity contribution in [2.45, 2.75) is 69.8 Å². The Morgan fingerprint density at radius 3 is 1.95 bits per heavy atom. The van der Waals surface area contributed by atoms with Crippen molar-refractivity contribution in [2.75, 3.05) is 11.9 Å². The molecule has 0 unspecified atom stereocenters. The third-order valence-corrected chi connectivity index (χ3v) is 6.11. The van der Waals surface area contributed by atoms with E-state index in [4.69, 9.17) is 19.8 Å². The fourth-order valence-electron chi connectivity index (χ4n) is 3.48. The molecule has 1 aromatic carbocycles. The molecule has 9 nitrogen and oxygen atoms in total. The molecule has 2 aliphatic rings. The number of carbonyl (C=O) groups is 3. The Balaban J connectivity index is 0.000000349. The topological polar surface area (TPSA) is 134 Å². The van der Waals surface area contributed by atoms with Crippen molar-refractivity contribution < 1.29 is 50.9 Å². The van der Waals surface area contributed by atoms with Crippen LogP contribution in [0, 0.1) is 5.92 Å². The Hall–Kier alpha value is -3.62. The molecule has 0 saturated heterocycles. The normalized spacial score (nSPS) is 18.3. The lowest BCUT2D eigenvalue weighted by Crippen LogP contribution is -2.21. The van der Waals surface area contributed by atoms with Crippen molar-refractivity contribution in [1.29, 1.82) is 0 Å². The number of aliphatic carboxylic acids is 2. The molecule has 2 aromatic rings. The third kappa shape index (κ3) is 11.1. The van der Waals surface area contributed by atoms with Crippen LogP contribution in [0.1, 0.15) is 67.6 Å². The van der Waals surface area contributed by atoms with Gasteiger partial charge in [-0.1, -0.05) is 32.9 Å². The lowest BCUT2D eigenvalue weighted by molar-refractivity contribution is -0.193. The number of aromatic nitrogens is 2. The van der Waals surface area contributed by atoms with Crippen LogP contribution in [-0.2, 0) is 22.1 Å². The quantitative estimate of drug-likeness (QED) is 0.343. The van der Waals surface area contributed by atoms with Gasteiger partial charge in [-0.2, -0.15) is 31.4 Å². The monoisotopic (exact) mass is 594 g/mol. The van der Waals surface area contributed by atoms with Crippen molar-refractivity contribution in [2.24, 2.45) is 13.0 Å². The van der Waals surface area contributed by atoms with Gasteiger partial charge in [0.1, 0.15) is 5.82 Å². The first-order valence-electron chi connectivity index (χ1n) is 12.5. The van der Waals surface area contributed by atoms with Gasteiger partial charge in [0, 0.05) is 36.1 Å². The smallest absolute Gasteiger partial charge is 0.475 e. The highest BCUT2D eigenvalue weighted by molar-refractivity contribution is 6.04. The van der Waals surface area contributed by atoms with Gasteiger partial charge in [0.15, 0.2) is 0 Å². The molecule has 0 spiro atoms. The summed E-state index contributed by atoms with van der Waals surface area (Å²) in [6, 6.07) is 10.6. The minimum atomic E-state index is -5.08. The molecule has 228 valence electrons. The highest BCUT2D eigenvalue weighted by Crippen LogP contribution is 2.42. The predicted octanol–water partition coefficient (Wildman–Crippen LogP) is 5.09. The number of nitrogens with zero attached hydrogens (tertiary/aromatic N) is 2. The number of rotatable bonds is 6. The van der Waals surface area contributed by atoms with Crippen molar-refractivity contribution >= 4 is 23.7 Å². The zero-order valence-corrected chi connectivity index (χ0v) is 22.7. The van der Waals surface area contributed by atoms with E-state index in [0.29, 0.717) is 17.5 Å². The second-order valence-corrected chi connectivity index (χ2v) is 10.8. The van der Waals surface area contributed by atoms with E-state index in [-0.39, 0.29) is 11.3 Å². The van der Waals surface area contributed by atoms with Crippen LogP contribution in [0.5, 0.6) is 0 Å². The molecule has 2 atom stereocenters. The number of halogens is 6. The molecule has 0 radical (unpaired) electrons. The van der Waals surface area contributed by atoms with Crippen LogP contribution in [0.15, 0.2) is 30.3 Å². The summed E-state index contributed by atoms with van der Waals surface area (Å²) in [7, 11) is 1.86. The second-order valence-electron chi connectivity index (χ2n) is 10.8. The van der Waals surface area contributed by atoms with E-state index in [1.165, 1.54) is 24.8 Å². The van der Waals surface area contributed by atoms with Gasteiger partial charge in [-0.25, -0.2) is 9.59 Å². The fraction of sp³-hybridized carbons (Fsp3) is 0.538. The molecule has 2 fully saturated rings. The zero-order chi connectivity index (χ0) is 31.3. The van der Waals surface area contributed by atoms with E-state index in [1.807, 2.05) is 31.3 Å². The summed E-state index contributed by atoms with van der Waals surface area (Å²) in [4.78, 5) is 30.5. The van der Waals surface area contributed by atoms with Crippen LogP contribution in [0.3, 0.4) is 0 Å². The number of hydrogen-bond donors (Lipinski definition) is 4. The second kappa shape index (κ2) is 12.9. The molecule has 4 rings (SSSR count). The van der Waals surface area contributed by atoms with Crippen LogP contribution < -0.4 is 10.6 Å². The summed E-state index contributed by atoms with van der Waals surface area (Å²) in [5.74, 6) is -3.42. The van der Waals surface area contributed by atoms with Crippen molar-refractivity contribution in [3.05, 3.63) is 47.2 Å². The highest BCUT2D eigenvalue weighted by atomic mass is 19.4. The number of benzene rings is 1. The number of amides is 1. The van der Waals surface area contributed by atoms with E-state index < -0.39 is 24.3 Å². The minimum absolute atomic E-state index is 0.0465. The molecule has 1 aromatic heterocycles. The van der Waals surface area contributed by atoms with Gasteiger partial charge < -0.3 is 20.8 Å². The van der Waals surface area contributed by atoms with Gasteiger partial charge in [0.2, 0.25) is 0 Å². The van der Waals surface area contributed by atoms with Crippen molar-refractivity contribution in [3.63, 3.8) is 0 Å². The highest BCUT2D eigenvalue weighted by Gasteiger charge is 2.40. The van der Waals surface area contributed by atoms with E-state index in [1.54, 1.807) is 4.68 Å². The first-order chi connectivity index (χ1) is 18.7. The molecule has 2 saturated carbocycles. The van der Waals surface area contributed by atoms with Gasteiger partial charge >= 0.3 is 24.3 Å². The van der Waals surface area contributed by atoms with E-state index in [0.717, 1.165) is 24.0 Å². The van der Waals surface area contributed by atoms with Crippen molar-refractivity contribution in [3.8, 4) is 0 Å². The predicted molar refractivity (Wildman–Crippen MR) is 136 cm³/mol. The minimum Gasteiger partial charge on any atom is -0.475 e. The van der Waals surface area contributed by atoms with Gasteiger partial charge in [-0.05, 0) is 49.4 Å². The summed E-state index contributed by atoms with van der Waals surface area (Å²) >= 11 is 0. The zero-order valence-electron chi connectivity index (χ0n) is 22.7. The van der Waals surface area contributed by atoms with Crippen LogP contribution in [0.2, 0.25) is 0 Å². The fourth-order valence-corrected chi connectivity index (χ4v) is 3.48. The number of alkyl halides is 6. The SMILES string of the molecule is Cn1nc(C(C)(C)C)cc1NC(=O)c1cccc([C@@H]2C[C@H]2NCC2CC2)c1.O=C(O)C(F)(F)F.O=C(O)C(F)(F)F. The molecular weight excluding hydrogens is 562 g/mol. The molecule has 41 heavy (non-hydrogen) atoms.